The number of benzene rings is 1. The Balaban J connectivity index is 1.57. The molecule has 122 valence electrons. The summed E-state index contributed by atoms with van der Waals surface area (Å²) in [6.07, 6.45) is 5.43. The molecule has 5 heteroatoms. The number of nitrogens with zero attached hydrogens (tertiary/aromatic N) is 1. The molecule has 1 heterocycles. The topological polar surface area (TPSA) is 63.7 Å². The second kappa shape index (κ2) is 4.56. The van der Waals surface area contributed by atoms with Gasteiger partial charge in [0.15, 0.2) is 5.75 Å². The molecule has 0 N–H and O–H groups in total. The van der Waals surface area contributed by atoms with Gasteiger partial charge in [0.2, 0.25) is 11.8 Å². The molecular formula is C19H17NO4. The number of allylic oxidation sites excluding steroid dienone is 2. The molecule has 0 unspecified atom stereocenters. The summed E-state index contributed by atoms with van der Waals surface area (Å²) in [5.41, 5.74) is 0.380. The molecule has 5 nitrogen and oxygen atoms in total. The first-order chi connectivity index (χ1) is 11.6. The highest BCUT2D eigenvalue weighted by molar-refractivity contribution is 6.23. The van der Waals surface area contributed by atoms with Crippen molar-refractivity contribution in [3.05, 3.63) is 36.4 Å². The zero-order chi connectivity index (χ0) is 16.6. The van der Waals surface area contributed by atoms with Crippen LogP contribution >= 0.6 is 0 Å². The van der Waals surface area contributed by atoms with E-state index in [0.717, 1.165) is 6.42 Å². The van der Waals surface area contributed by atoms with E-state index in [-0.39, 0.29) is 41.2 Å². The number of para-hydroxylation sites is 2. The highest BCUT2D eigenvalue weighted by atomic mass is 16.5. The number of carbonyl (C=O) groups is 3. The molecule has 0 radical (unpaired) electrons. The first kappa shape index (κ1) is 14.0. The summed E-state index contributed by atoms with van der Waals surface area (Å²) in [5, 5.41) is 0. The molecule has 0 aromatic heterocycles. The van der Waals surface area contributed by atoms with Gasteiger partial charge in [-0.2, -0.15) is 0 Å². The van der Waals surface area contributed by atoms with Crippen molar-refractivity contribution in [2.45, 2.75) is 13.3 Å². The van der Waals surface area contributed by atoms with E-state index in [4.69, 9.17) is 4.74 Å². The first-order valence-corrected chi connectivity index (χ1v) is 8.41. The van der Waals surface area contributed by atoms with E-state index >= 15 is 0 Å². The zero-order valence-corrected chi connectivity index (χ0v) is 13.2. The summed E-state index contributed by atoms with van der Waals surface area (Å²) in [6, 6.07) is 6.75. The molecule has 2 amide bonds. The van der Waals surface area contributed by atoms with E-state index in [2.05, 4.69) is 12.2 Å². The molecule has 6 atom stereocenters. The smallest absolute Gasteiger partial charge is 0.308 e. The third-order valence-corrected chi connectivity index (χ3v) is 6.02. The van der Waals surface area contributed by atoms with Crippen LogP contribution in [0.25, 0.3) is 0 Å². The maximum absolute atomic E-state index is 13.1. The highest BCUT2D eigenvalue weighted by Crippen LogP contribution is 2.65. The minimum atomic E-state index is -0.470. The molecular weight excluding hydrogens is 306 g/mol. The minimum Gasteiger partial charge on any atom is -0.424 e. The predicted molar refractivity (Wildman–Crippen MR) is 84.9 cm³/mol. The molecule has 1 aromatic carbocycles. The van der Waals surface area contributed by atoms with Crippen LogP contribution in [0.4, 0.5) is 5.69 Å². The average Bonchev–Trinajstić information content (AvgIpc) is 3.33. The maximum Gasteiger partial charge on any atom is 0.308 e. The van der Waals surface area contributed by atoms with Gasteiger partial charge in [-0.15, -0.1) is 0 Å². The number of amides is 2. The van der Waals surface area contributed by atoms with Crippen LogP contribution in [0.2, 0.25) is 0 Å². The number of hydrogen-bond acceptors (Lipinski definition) is 4. The van der Waals surface area contributed by atoms with Crippen LogP contribution in [0.15, 0.2) is 36.4 Å². The summed E-state index contributed by atoms with van der Waals surface area (Å²) in [4.78, 5) is 38.7. The van der Waals surface area contributed by atoms with Gasteiger partial charge >= 0.3 is 5.97 Å². The Labute approximate surface area is 139 Å². The van der Waals surface area contributed by atoms with E-state index in [9.17, 15) is 14.4 Å². The summed E-state index contributed by atoms with van der Waals surface area (Å²) in [5.74, 6) is 0.521. The lowest BCUT2D eigenvalue weighted by Crippen LogP contribution is -2.40. The number of imide groups is 1. The molecule has 1 aliphatic heterocycles. The number of rotatable bonds is 2. The Hall–Kier alpha value is -2.43. The van der Waals surface area contributed by atoms with Crippen molar-refractivity contribution in [1.82, 2.24) is 0 Å². The lowest BCUT2D eigenvalue weighted by atomic mass is 9.63. The molecule has 6 rings (SSSR count). The summed E-state index contributed by atoms with van der Waals surface area (Å²) < 4.78 is 5.21. The van der Waals surface area contributed by atoms with E-state index in [1.165, 1.54) is 11.8 Å². The lowest BCUT2D eigenvalue weighted by Gasteiger charge is -2.37. The van der Waals surface area contributed by atoms with Gasteiger partial charge in [-0.1, -0.05) is 24.3 Å². The van der Waals surface area contributed by atoms with E-state index in [0.29, 0.717) is 17.5 Å². The van der Waals surface area contributed by atoms with Crippen molar-refractivity contribution in [1.29, 1.82) is 0 Å². The Morgan fingerprint density at radius 1 is 1.04 bits per heavy atom. The van der Waals surface area contributed by atoms with Gasteiger partial charge in [-0.3, -0.25) is 14.4 Å². The van der Waals surface area contributed by atoms with Gasteiger partial charge in [-0.25, -0.2) is 4.90 Å². The van der Waals surface area contributed by atoms with Gasteiger partial charge in [0, 0.05) is 6.92 Å². The molecule has 24 heavy (non-hydrogen) atoms. The van der Waals surface area contributed by atoms with Crippen LogP contribution in [0.5, 0.6) is 5.75 Å². The van der Waals surface area contributed by atoms with Crippen molar-refractivity contribution >= 4 is 23.5 Å². The summed E-state index contributed by atoms with van der Waals surface area (Å²) >= 11 is 0. The van der Waals surface area contributed by atoms with Crippen molar-refractivity contribution in [2.24, 2.45) is 35.5 Å². The fraction of sp³-hybridized carbons (Fsp3) is 0.421. The van der Waals surface area contributed by atoms with E-state index < -0.39 is 5.97 Å². The van der Waals surface area contributed by atoms with Gasteiger partial charge in [0.1, 0.15) is 0 Å². The number of hydrogen-bond donors (Lipinski definition) is 0. The van der Waals surface area contributed by atoms with Crippen LogP contribution in [0, 0.1) is 35.5 Å². The molecule has 1 saturated heterocycles. The molecule has 1 aromatic rings. The minimum absolute atomic E-state index is 0.144. The predicted octanol–water partition coefficient (Wildman–Crippen LogP) is 2.17. The summed E-state index contributed by atoms with van der Waals surface area (Å²) in [6.45, 7) is 1.31. The van der Waals surface area contributed by atoms with Crippen LogP contribution in [0.1, 0.15) is 13.3 Å². The maximum atomic E-state index is 13.1. The fourth-order valence-electron chi connectivity index (χ4n) is 5.08. The average molecular weight is 323 g/mol. The zero-order valence-electron chi connectivity index (χ0n) is 13.2. The van der Waals surface area contributed by atoms with E-state index in [1.807, 2.05) is 0 Å². The van der Waals surface area contributed by atoms with Crippen molar-refractivity contribution < 1.29 is 19.1 Å². The standard InChI is InChI=1S/C19H17NO4/c1-9(21)24-15-5-3-2-4-14(15)20-18(22)16-10-6-7-11(13-8-12(10)13)17(16)19(20)23/h2-7,10-13,16-17H,8H2,1H3/t10-,11-,12-,13-,16+,17+/m0/s1. The largest absolute Gasteiger partial charge is 0.424 e. The van der Waals surface area contributed by atoms with Crippen LogP contribution in [-0.2, 0) is 14.4 Å². The molecule has 2 bridgehead atoms. The Morgan fingerprint density at radius 2 is 1.62 bits per heavy atom. The molecule has 3 fully saturated rings. The molecule has 0 spiro atoms. The third kappa shape index (κ3) is 1.67. The van der Waals surface area contributed by atoms with Gasteiger partial charge in [0.25, 0.3) is 0 Å². The molecule has 5 aliphatic rings. The number of esters is 1. The van der Waals surface area contributed by atoms with Crippen molar-refractivity contribution in [3.63, 3.8) is 0 Å². The second-order valence-electron chi connectivity index (χ2n) is 7.23. The SMILES string of the molecule is CC(=O)Oc1ccccc1N1C(=O)[C@@H]2[C@H]3C=C[C@@H]([C@@H]4C[C@@H]34)[C@H]2C1=O. The quantitative estimate of drug-likeness (QED) is 0.362. The molecule has 4 aliphatic carbocycles. The van der Waals surface area contributed by atoms with Crippen molar-refractivity contribution in [3.8, 4) is 5.75 Å². The van der Waals surface area contributed by atoms with E-state index in [1.54, 1.807) is 24.3 Å². The number of ether oxygens (including phenoxy) is 1. The van der Waals surface area contributed by atoms with Crippen LogP contribution in [0.3, 0.4) is 0 Å². The monoisotopic (exact) mass is 323 g/mol. The normalized spacial score (nSPS) is 38.1. The highest BCUT2D eigenvalue weighted by Gasteiger charge is 2.67. The summed E-state index contributed by atoms with van der Waals surface area (Å²) in [7, 11) is 0. The third-order valence-electron chi connectivity index (χ3n) is 6.02. The van der Waals surface area contributed by atoms with Crippen LogP contribution < -0.4 is 9.64 Å². The van der Waals surface area contributed by atoms with Crippen molar-refractivity contribution in [2.75, 3.05) is 4.90 Å². The molecule has 2 saturated carbocycles. The lowest BCUT2D eigenvalue weighted by molar-refractivity contribution is -0.132. The second-order valence-corrected chi connectivity index (χ2v) is 7.23. The van der Waals surface area contributed by atoms with Crippen LogP contribution in [-0.4, -0.2) is 17.8 Å². The first-order valence-electron chi connectivity index (χ1n) is 8.41. The van der Waals surface area contributed by atoms with Gasteiger partial charge < -0.3 is 4.74 Å². The van der Waals surface area contributed by atoms with Gasteiger partial charge in [-0.05, 0) is 42.2 Å². The Morgan fingerprint density at radius 3 is 2.21 bits per heavy atom. The fourth-order valence-corrected chi connectivity index (χ4v) is 5.08. The number of carbonyl (C=O) groups excluding carboxylic acids is 3. The number of anilines is 1. The Bertz CT molecular complexity index is 777. The Kier molecular flexibility index (Phi) is 2.65. The van der Waals surface area contributed by atoms with Gasteiger partial charge in [0.05, 0.1) is 17.5 Å².